The van der Waals surface area contributed by atoms with Gasteiger partial charge in [-0.15, -0.1) is 0 Å². The molecule has 0 aromatic heterocycles. The molecule has 1 aliphatic rings. The fourth-order valence-corrected chi connectivity index (χ4v) is 2.57. The smallest absolute Gasteiger partial charge is 0.0411 e. The molecule has 0 radical (unpaired) electrons. The number of rotatable bonds is 3. The van der Waals surface area contributed by atoms with Crippen molar-refractivity contribution in [1.82, 2.24) is 4.90 Å². The van der Waals surface area contributed by atoms with Crippen LogP contribution in [0.1, 0.15) is 18.4 Å². The predicted octanol–water partition coefficient (Wildman–Crippen LogP) is 2.57. The number of benzene rings is 1. The highest BCUT2D eigenvalue weighted by atomic mass is 15.1. The van der Waals surface area contributed by atoms with Gasteiger partial charge < -0.3 is 15.1 Å². The highest BCUT2D eigenvalue weighted by molar-refractivity contribution is 5.62. The molecule has 0 unspecified atom stereocenters. The molecule has 1 aliphatic heterocycles. The molecule has 0 atom stereocenters. The van der Waals surface area contributed by atoms with Crippen molar-refractivity contribution in [1.29, 1.82) is 0 Å². The van der Waals surface area contributed by atoms with Crippen molar-refractivity contribution >= 4 is 11.4 Å². The Bertz CT molecular complexity index is 393. The van der Waals surface area contributed by atoms with E-state index in [1.54, 1.807) is 0 Å². The predicted molar refractivity (Wildman–Crippen MR) is 79.6 cm³/mol. The molecule has 1 aromatic carbocycles. The van der Waals surface area contributed by atoms with E-state index in [1.807, 2.05) is 0 Å². The summed E-state index contributed by atoms with van der Waals surface area (Å²) in [6, 6.07) is 7.28. The van der Waals surface area contributed by atoms with Gasteiger partial charge in [0.2, 0.25) is 0 Å². The van der Waals surface area contributed by atoms with Crippen molar-refractivity contribution in [3.63, 3.8) is 0 Å². The van der Waals surface area contributed by atoms with Gasteiger partial charge in [-0.25, -0.2) is 0 Å². The number of nitrogens with zero attached hydrogens (tertiary/aromatic N) is 2. The zero-order valence-corrected chi connectivity index (χ0v) is 12.0. The maximum atomic E-state index is 3.67. The second-order valence-corrected chi connectivity index (χ2v) is 5.62. The molecule has 2 rings (SSSR count). The number of aryl methyl sites for hydroxylation is 1. The summed E-state index contributed by atoms with van der Waals surface area (Å²) in [5, 5.41) is 3.67. The molecular weight excluding hydrogens is 222 g/mol. The SMILES string of the molecule is Cc1ccc(NC2CCN(C)CC2)cc1N(C)C. The Hall–Kier alpha value is -1.22. The summed E-state index contributed by atoms with van der Waals surface area (Å²) >= 11 is 0. The molecule has 3 nitrogen and oxygen atoms in total. The van der Waals surface area contributed by atoms with Gasteiger partial charge in [0.05, 0.1) is 0 Å². The van der Waals surface area contributed by atoms with Gasteiger partial charge in [-0.2, -0.15) is 0 Å². The van der Waals surface area contributed by atoms with E-state index in [-0.39, 0.29) is 0 Å². The van der Waals surface area contributed by atoms with Gasteiger partial charge in [-0.1, -0.05) is 6.07 Å². The van der Waals surface area contributed by atoms with Gasteiger partial charge in [0.15, 0.2) is 0 Å². The first-order chi connectivity index (χ1) is 8.56. The van der Waals surface area contributed by atoms with E-state index in [9.17, 15) is 0 Å². The van der Waals surface area contributed by atoms with Crippen molar-refractivity contribution in [3.8, 4) is 0 Å². The molecule has 1 saturated heterocycles. The molecular formula is C15H25N3. The Morgan fingerprint density at radius 2 is 1.89 bits per heavy atom. The quantitative estimate of drug-likeness (QED) is 0.885. The molecule has 1 heterocycles. The zero-order valence-electron chi connectivity index (χ0n) is 12.0. The van der Waals surface area contributed by atoms with Crippen molar-refractivity contribution in [2.75, 3.05) is 44.4 Å². The Morgan fingerprint density at radius 3 is 2.50 bits per heavy atom. The maximum absolute atomic E-state index is 3.67. The van der Waals surface area contributed by atoms with Crippen LogP contribution in [-0.2, 0) is 0 Å². The zero-order chi connectivity index (χ0) is 13.1. The van der Waals surface area contributed by atoms with E-state index >= 15 is 0 Å². The average Bonchev–Trinajstić information content (AvgIpc) is 2.34. The molecule has 100 valence electrons. The second kappa shape index (κ2) is 5.61. The lowest BCUT2D eigenvalue weighted by molar-refractivity contribution is 0.264. The average molecular weight is 247 g/mol. The molecule has 0 aliphatic carbocycles. The van der Waals surface area contributed by atoms with Crippen molar-refractivity contribution in [2.45, 2.75) is 25.8 Å². The minimum absolute atomic E-state index is 0.624. The van der Waals surface area contributed by atoms with Crippen LogP contribution in [0.5, 0.6) is 0 Å². The Morgan fingerprint density at radius 1 is 1.22 bits per heavy atom. The third kappa shape index (κ3) is 3.16. The van der Waals surface area contributed by atoms with Gasteiger partial charge >= 0.3 is 0 Å². The summed E-state index contributed by atoms with van der Waals surface area (Å²) in [5.41, 5.74) is 3.88. The normalized spacial score (nSPS) is 17.8. The van der Waals surface area contributed by atoms with Crippen LogP contribution in [0.25, 0.3) is 0 Å². The van der Waals surface area contributed by atoms with Crippen LogP contribution in [-0.4, -0.2) is 45.2 Å². The van der Waals surface area contributed by atoms with Crippen molar-refractivity contribution in [2.24, 2.45) is 0 Å². The minimum Gasteiger partial charge on any atom is -0.382 e. The highest BCUT2D eigenvalue weighted by Gasteiger charge is 2.16. The van der Waals surface area contributed by atoms with Gasteiger partial charge in [0, 0.05) is 31.5 Å². The van der Waals surface area contributed by atoms with E-state index in [2.05, 4.69) is 61.4 Å². The van der Waals surface area contributed by atoms with Crippen LogP contribution >= 0.6 is 0 Å². The Kier molecular flexibility index (Phi) is 4.12. The number of hydrogen-bond acceptors (Lipinski definition) is 3. The molecule has 0 spiro atoms. The van der Waals surface area contributed by atoms with Gasteiger partial charge in [0.25, 0.3) is 0 Å². The third-order valence-corrected chi connectivity index (χ3v) is 3.78. The van der Waals surface area contributed by atoms with Crippen LogP contribution in [0.3, 0.4) is 0 Å². The lowest BCUT2D eigenvalue weighted by Gasteiger charge is -2.30. The molecule has 0 amide bonds. The van der Waals surface area contributed by atoms with Crippen LogP contribution in [0.4, 0.5) is 11.4 Å². The largest absolute Gasteiger partial charge is 0.382 e. The maximum Gasteiger partial charge on any atom is 0.0411 e. The van der Waals surface area contributed by atoms with Gasteiger partial charge in [-0.3, -0.25) is 0 Å². The summed E-state index contributed by atoms with van der Waals surface area (Å²) in [6.45, 7) is 4.56. The fourth-order valence-electron chi connectivity index (χ4n) is 2.57. The van der Waals surface area contributed by atoms with E-state index in [1.165, 1.54) is 42.9 Å². The molecule has 0 bridgehead atoms. The number of anilines is 2. The standard InChI is InChI=1S/C15H25N3/c1-12-5-6-14(11-15(12)17(2)3)16-13-7-9-18(4)10-8-13/h5-6,11,13,16H,7-10H2,1-4H3. The second-order valence-electron chi connectivity index (χ2n) is 5.62. The first kappa shape index (κ1) is 13.2. The fraction of sp³-hybridized carbons (Fsp3) is 0.600. The third-order valence-electron chi connectivity index (χ3n) is 3.78. The van der Waals surface area contributed by atoms with Crippen LogP contribution in [0, 0.1) is 6.92 Å². The molecule has 0 saturated carbocycles. The topological polar surface area (TPSA) is 18.5 Å². The van der Waals surface area contributed by atoms with E-state index < -0.39 is 0 Å². The number of piperidine rings is 1. The summed E-state index contributed by atoms with van der Waals surface area (Å²) in [4.78, 5) is 4.58. The molecule has 1 aromatic rings. The van der Waals surface area contributed by atoms with Gasteiger partial charge in [0.1, 0.15) is 0 Å². The van der Waals surface area contributed by atoms with E-state index in [0.717, 1.165) is 0 Å². The molecule has 1 N–H and O–H groups in total. The van der Waals surface area contributed by atoms with Crippen molar-refractivity contribution in [3.05, 3.63) is 23.8 Å². The van der Waals surface area contributed by atoms with E-state index in [4.69, 9.17) is 0 Å². The summed E-state index contributed by atoms with van der Waals surface area (Å²) < 4.78 is 0. The number of likely N-dealkylation sites (tertiary alicyclic amines) is 1. The highest BCUT2D eigenvalue weighted by Crippen LogP contribution is 2.24. The molecule has 18 heavy (non-hydrogen) atoms. The Labute approximate surface area is 111 Å². The number of nitrogens with one attached hydrogen (secondary N) is 1. The summed E-state index contributed by atoms with van der Waals surface area (Å²) in [7, 11) is 6.40. The summed E-state index contributed by atoms with van der Waals surface area (Å²) in [5.74, 6) is 0. The molecule has 1 fully saturated rings. The minimum atomic E-state index is 0.624. The molecule has 3 heteroatoms. The lowest BCUT2D eigenvalue weighted by atomic mass is 10.0. The van der Waals surface area contributed by atoms with Crippen LogP contribution in [0.15, 0.2) is 18.2 Å². The first-order valence-corrected chi connectivity index (χ1v) is 6.79. The first-order valence-electron chi connectivity index (χ1n) is 6.79. The number of hydrogen-bond donors (Lipinski definition) is 1. The van der Waals surface area contributed by atoms with E-state index in [0.29, 0.717) is 6.04 Å². The van der Waals surface area contributed by atoms with Gasteiger partial charge in [-0.05, 0) is 57.6 Å². The van der Waals surface area contributed by atoms with Crippen LogP contribution < -0.4 is 10.2 Å². The summed E-state index contributed by atoms with van der Waals surface area (Å²) in [6.07, 6.45) is 2.48. The monoisotopic (exact) mass is 247 g/mol. The van der Waals surface area contributed by atoms with Crippen molar-refractivity contribution < 1.29 is 0 Å². The lowest BCUT2D eigenvalue weighted by Crippen LogP contribution is -2.36. The van der Waals surface area contributed by atoms with Crippen LogP contribution in [0.2, 0.25) is 0 Å². The Balaban J connectivity index is 2.03.